The molecule has 0 aromatic heterocycles. The van der Waals surface area contributed by atoms with E-state index in [-0.39, 0.29) is 20.8 Å². The first kappa shape index (κ1) is 23.6. The Hall–Kier alpha value is -1.39. The fourth-order valence-corrected chi connectivity index (χ4v) is 2.45. The van der Waals surface area contributed by atoms with Gasteiger partial charge in [-0.05, 0) is 12.1 Å². The van der Waals surface area contributed by atoms with Crippen molar-refractivity contribution in [3.05, 3.63) is 27.2 Å². The lowest BCUT2D eigenvalue weighted by atomic mass is 10.2. The van der Waals surface area contributed by atoms with Crippen LogP contribution in [0.3, 0.4) is 0 Å². The number of carbonyl (C=O) groups is 2. The van der Waals surface area contributed by atoms with E-state index in [1.807, 2.05) is 0 Å². The fourth-order valence-electron chi connectivity index (χ4n) is 1.56. The maximum Gasteiger partial charge on any atom is 0.425 e. The highest BCUT2D eigenvalue weighted by Crippen LogP contribution is 2.36. The highest BCUT2D eigenvalue weighted by atomic mass is 35.5. The first-order chi connectivity index (χ1) is 12.2. The molecule has 1 atom stereocenters. The van der Waals surface area contributed by atoms with Gasteiger partial charge in [0.1, 0.15) is 0 Å². The number of benzene rings is 1. The lowest BCUT2D eigenvalue weighted by molar-refractivity contribution is -0.254. The molecule has 1 aromatic carbocycles. The predicted molar refractivity (Wildman–Crippen MR) is 83.2 cm³/mol. The van der Waals surface area contributed by atoms with Crippen molar-refractivity contribution in [2.75, 3.05) is 6.61 Å². The SMILES string of the molecule is O=C(CCC(=O)Oc1c(Cl)cc(Cl)cc1Cl)OCC(F)(F)C(F)C(F)(F)F. The summed E-state index contributed by atoms with van der Waals surface area (Å²) in [5.41, 5.74) is 0. The quantitative estimate of drug-likeness (QED) is 0.309. The third-order valence-corrected chi connectivity index (χ3v) is 3.58. The van der Waals surface area contributed by atoms with E-state index in [0.717, 1.165) is 0 Å². The van der Waals surface area contributed by atoms with Crippen LogP contribution >= 0.6 is 34.8 Å². The van der Waals surface area contributed by atoms with Crippen LogP contribution in [0.2, 0.25) is 15.1 Å². The van der Waals surface area contributed by atoms with Crippen molar-refractivity contribution < 1.29 is 45.4 Å². The highest BCUT2D eigenvalue weighted by Gasteiger charge is 2.57. The van der Waals surface area contributed by atoms with Gasteiger partial charge in [-0.3, -0.25) is 9.59 Å². The molecule has 1 unspecified atom stereocenters. The molecule has 0 spiro atoms. The molecule has 0 fully saturated rings. The fraction of sp³-hybridized carbons (Fsp3) is 0.429. The zero-order chi connectivity index (χ0) is 21.0. The number of halogens is 9. The number of hydrogen-bond acceptors (Lipinski definition) is 4. The van der Waals surface area contributed by atoms with E-state index in [1.165, 1.54) is 12.1 Å². The Morgan fingerprint density at radius 2 is 1.44 bits per heavy atom. The molecule has 0 aliphatic rings. The monoisotopic (exact) mass is 460 g/mol. The summed E-state index contributed by atoms with van der Waals surface area (Å²) < 4.78 is 83.0. The standard InChI is InChI=1S/C14H9Cl3F6O4/c15-6-3-7(16)11(8(17)4-6)27-10(25)2-1-9(24)26-5-13(19,20)12(18)14(21,22)23/h3-4,12H,1-2,5H2. The molecule has 0 heterocycles. The Morgan fingerprint density at radius 1 is 0.963 bits per heavy atom. The molecule has 0 radical (unpaired) electrons. The molecular weight excluding hydrogens is 452 g/mol. The van der Waals surface area contributed by atoms with Crippen LogP contribution in [0.1, 0.15) is 12.8 Å². The average Bonchev–Trinajstić information content (AvgIpc) is 2.52. The first-order valence-electron chi connectivity index (χ1n) is 6.83. The molecule has 0 bridgehead atoms. The second kappa shape index (κ2) is 9.20. The predicted octanol–water partition coefficient (Wildman–Crippen LogP) is 5.41. The Balaban J connectivity index is 2.52. The van der Waals surface area contributed by atoms with E-state index >= 15 is 0 Å². The number of rotatable bonds is 7. The Morgan fingerprint density at radius 3 is 1.93 bits per heavy atom. The number of esters is 2. The van der Waals surface area contributed by atoms with Crippen LogP contribution in [0.15, 0.2) is 12.1 Å². The molecule has 0 amide bonds. The molecule has 0 N–H and O–H groups in total. The second-order valence-corrected chi connectivity index (χ2v) is 6.25. The van der Waals surface area contributed by atoms with Crippen molar-refractivity contribution in [1.29, 1.82) is 0 Å². The van der Waals surface area contributed by atoms with Gasteiger partial charge < -0.3 is 9.47 Å². The van der Waals surface area contributed by atoms with Crippen molar-refractivity contribution in [3.63, 3.8) is 0 Å². The molecule has 4 nitrogen and oxygen atoms in total. The maximum atomic E-state index is 13.0. The van der Waals surface area contributed by atoms with Gasteiger partial charge in [0, 0.05) is 5.02 Å². The normalized spacial score (nSPS) is 13.2. The lowest BCUT2D eigenvalue weighted by Gasteiger charge is -2.22. The minimum atomic E-state index is -5.82. The summed E-state index contributed by atoms with van der Waals surface area (Å²) in [6, 6.07) is 2.42. The number of alkyl halides is 6. The van der Waals surface area contributed by atoms with Gasteiger partial charge in [0.05, 0.1) is 22.9 Å². The maximum absolute atomic E-state index is 13.0. The molecule has 13 heteroatoms. The minimum Gasteiger partial charge on any atom is -0.459 e. The minimum absolute atomic E-state index is 0.121. The Labute approximate surface area is 163 Å². The Kier molecular flexibility index (Phi) is 8.06. The van der Waals surface area contributed by atoms with E-state index < -0.39 is 49.7 Å². The summed E-state index contributed by atoms with van der Waals surface area (Å²) in [6.07, 6.45) is -11.8. The summed E-state index contributed by atoms with van der Waals surface area (Å²) in [5.74, 6) is -7.77. The van der Waals surface area contributed by atoms with Gasteiger partial charge in [-0.15, -0.1) is 0 Å². The van der Waals surface area contributed by atoms with Crippen molar-refractivity contribution in [2.24, 2.45) is 0 Å². The molecule has 1 aromatic rings. The summed E-state index contributed by atoms with van der Waals surface area (Å²) in [6.45, 7) is -2.14. The molecule has 0 aliphatic carbocycles. The number of hydrogen-bond donors (Lipinski definition) is 0. The van der Waals surface area contributed by atoms with Crippen LogP contribution in [0.5, 0.6) is 5.75 Å². The molecule has 0 saturated heterocycles. The van der Waals surface area contributed by atoms with Crippen LogP contribution in [0.25, 0.3) is 0 Å². The summed E-state index contributed by atoms with van der Waals surface area (Å²) in [4.78, 5) is 22.9. The molecule has 0 aliphatic heterocycles. The zero-order valence-corrected chi connectivity index (χ0v) is 15.2. The third-order valence-electron chi connectivity index (χ3n) is 2.80. The number of carbonyl (C=O) groups excluding carboxylic acids is 2. The highest BCUT2D eigenvalue weighted by molar-refractivity contribution is 6.40. The van der Waals surface area contributed by atoms with Crippen molar-refractivity contribution in [1.82, 2.24) is 0 Å². The van der Waals surface area contributed by atoms with Crippen LogP contribution in [-0.4, -0.2) is 36.8 Å². The van der Waals surface area contributed by atoms with E-state index in [9.17, 15) is 35.9 Å². The van der Waals surface area contributed by atoms with Gasteiger partial charge in [-0.2, -0.15) is 22.0 Å². The Bertz CT molecular complexity index is 688. The second-order valence-electron chi connectivity index (χ2n) is 5.00. The smallest absolute Gasteiger partial charge is 0.425 e. The van der Waals surface area contributed by atoms with Crippen LogP contribution < -0.4 is 4.74 Å². The molecular formula is C14H9Cl3F6O4. The zero-order valence-electron chi connectivity index (χ0n) is 12.9. The summed E-state index contributed by atoms with van der Waals surface area (Å²) in [7, 11) is 0. The van der Waals surface area contributed by atoms with Gasteiger partial charge in [0.25, 0.3) is 6.17 Å². The van der Waals surface area contributed by atoms with E-state index in [2.05, 4.69) is 4.74 Å². The van der Waals surface area contributed by atoms with Crippen molar-refractivity contribution in [2.45, 2.75) is 31.1 Å². The first-order valence-corrected chi connectivity index (χ1v) is 7.97. The van der Waals surface area contributed by atoms with Gasteiger partial charge >= 0.3 is 24.0 Å². The largest absolute Gasteiger partial charge is 0.459 e. The van der Waals surface area contributed by atoms with Crippen LogP contribution in [0.4, 0.5) is 26.3 Å². The van der Waals surface area contributed by atoms with Gasteiger partial charge in [-0.1, -0.05) is 34.8 Å². The van der Waals surface area contributed by atoms with E-state index in [1.54, 1.807) is 0 Å². The average molecular weight is 462 g/mol. The van der Waals surface area contributed by atoms with Gasteiger partial charge in [0.15, 0.2) is 12.4 Å². The van der Waals surface area contributed by atoms with Crippen LogP contribution in [0, 0.1) is 0 Å². The van der Waals surface area contributed by atoms with Gasteiger partial charge in [-0.25, -0.2) is 4.39 Å². The molecule has 152 valence electrons. The van der Waals surface area contributed by atoms with Gasteiger partial charge in [0.2, 0.25) is 0 Å². The third kappa shape index (κ3) is 7.27. The van der Waals surface area contributed by atoms with Crippen molar-refractivity contribution >= 4 is 46.7 Å². The van der Waals surface area contributed by atoms with E-state index in [0.29, 0.717) is 0 Å². The van der Waals surface area contributed by atoms with E-state index in [4.69, 9.17) is 39.5 Å². The summed E-state index contributed by atoms with van der Waals surface area (Å²) >= 11 is 17.2. The topological polar surface area (TPSA) is 52.6 Å². The number of ether oxygens (including phenoxy) is 2. The van der Waals surface area contributed by atoms with Crippen LogP contribution in [-0.2, 0) is 14.3 Å². The lowest BCUT2D eigenvalue weighted by Crippen LogP contribution is -2.45. The molecule has 0 saturated carbocycles. The molecule has 27 heavy (non-hydrogen) atoms. The molecule has 1 rings (SSSR count). The summed E-state index contributed by atoms with van der Waals surface area (Å²) in [5, 5.41) is -0.0901. The van der Waals surface area contributed by atoms with Crippen molar-refractivity contribution in [3.8, 4) is 5.75 Å².